The Labute approximate surface area is 161 Å². The first kappa shape index (κ1) is 19.1. The van der Waals surface area contributed by atoms with Gasteiger partial charge in [0.1, 0.15) is 17.5 Å². The predicted molar refractivity (Wildman–Crippen MR) is 108 cm³/mol. The van der Waals surface area contributed by atoms with Gasteiger partial charge in [-0.1, -0.05) is 32.8 Å². The average Bonchev–Trinajstić information content (AvgIpc) is 3.01. The van der Waals surface area contributed by atoms with Gasteiger partial charge in [-0.2, -0.15) is 10.4 Å². The molecule has 0 atom stereocenters. The summed E-state index contributed by atoms with van der Waals surface area (Å²) >= 11 is 0. The number of hydrogen-bond acceptors (Lipinski definition) is 6. The van der Waals surface area contributed by atoms with Crippen molar-refractivity contribution in [2.45, 2.75) is 58.9 Å². The van der Waals surface area contributed by atoms with Crippen LogP contribution in [0.25, 0.3) is 0 Å². The van der Waals surface area contributed by atoms with Crippen LogP contribution in [0, 0.1) is 11.3 Å². The van der Waals surface area contributed by atoms with E-state index in [1.165, 1.54) is 25.7 Å². The molecule has 0 aliphatic carbocycles. The first-order chi connectivity index (χ1) is 13.3. The van der Waals surface area contributed by atoms with Gasteiger partial charge in [0.2, 0.25) is 0 Å². The SMILES string of the molecule is CCc1nnc(NCc2ccc(N3CCCCCC3)nc2)c(C#N)c1CC. The van der Waals surface area contributed by atoms with Crippen LogP contribution in [-0.2, 0) is 19.4 Å². The second kappa shape index (κ2) is 9.31. The third-order valence-electron chi connectivity index (χ3n) is 5.16. The quantitative estimate of drug-likeness (QED) is 0.838. The second-order valence-corrected chi connectivity index (χ2v) is 6.95. The van der Waals surface area contributed by atoms with Crippen LogP contribution in [0.5, 0.6) is 0 Å². The molecule has 1 N–H and O–H groups in total. The number of nitrogens with zero attached hydrogens (tertiary/aromatic N) is 5. The summed E-state index contributed by atoms with van der Waals surface area (Å²) in [6.45, 7) is 6.84. The van der Waals surface area contributed by atoms with Crippen molar-refractivity contribution in [3.05, 3.63) is 40.7 Å². The Morgan fingerprint density at radius 1 is 1.07 bits per heavy atom. The van der Waals surface area contributed by atoms with Crippen molar-refractivity contribution in [2.75, 3.05) is 23.3 Å². The Hall–Kier alpha value is -2.68. The van der Waals surface area contributed by atoms with Gasteiger partial charge in [-0.3, -0.25) is 0 Å². The molecule has 0 saturated carbocycles. The fraction of sp³-hybridized carbons (Fsp3) is 0.524. The van der Waals surface area contributed by atoms with Gasteiger partial charge in [0.05, 0.1) is 5.69 Å². The van der Waals surface area contributed by atoms with Crippen LogP contribution >= 0.6 is 0 Å². The number of aromatic nitrogens is 3. The summed E-state index contributed by atoms with van der Waals surface area (Å²) in [7, 11) is 0. The molecule has 142 valence electrons. The number of nitrogens with one attached hydrogen (secondary N) is 1. The fourth-order valence-corrected chi connectivity index (χ4v) is 3.61. The summed E-state index contributed by atoms with van der Waals surface area (Å²) in [6, 6.07) is 6.49. The molecule has 6 heteroatoms. The molecule has 1 aliphatic rings. The lowest BCUT2D eigenvalue weighted by molar-refractivity contribution is 0.726. The van der Waals surface area contributed by atoms with Crippen molar-refractivity contribution in [1.82, 2.24) is 15.2 Å². The lowest BCUT2D eigenvalue weighted by Crippen LogP contribution is -2.24. The van der Waals surface area contributed by atoms with E-state index < -0.39 is 0 Å². The molecule has 27 heavy (non-hydrogen) atoms. The van der Waals surface area contributed by atoms with Crippen LogP contribution in [0.1, 0.15) is 61.9 Å². The van der Waals surface area contributed by atoms with Gasteiger partial charge in [-0.15, -0.1) is 5.10 Å². The first-order valence-corrected chi connectivity index (χ1v) is 9.99. The zero-order valence-electron chi connectivity index (χ0n) is 16.3. The molecule has 0 amide bonds. The summed E-state index contributed by atoms with van der Waals surface area (Å²) in [5.74, 6) is 1.61. The summed E-state index contributed by atoms with van der Waals surface area (Å²) < 4.78 is 0. The lowest BCUT2D eigenvalue weighted by Gasteiger charge is -2.21. The van der Waals surface area contributed by atoms with Gasteiger partial charge in [-0.05, 0) is 42.9 Å². The Kier molecular flexibility index (Phi) is 6.59. The van der Waals surface area contributed by atoms with Crippen molar-refractivity contribution < 1.29 is 0 Å². The largest absolute Gasteiger partial charge is 0.363 e. The van der Waals surface area contributed by atoms with Gasteiger partial charge in [0, 0.05) is 25.8 Å². The van der Waals surface area contributed by atoms with E-state index in [1.54, 1.807) is 0 Å². The highest BCUT2D eigenvalue weighted by Gasteiger charge is 2.14. The monoisotopic (exact) mass is 364 g/mol. The number of hydrogen-bond donors (Lipinski definition) is 1. The molecule has 6 nitrogen and oxygen atoms in total. The molecule has 0 bridgehead atoms. The number of anilines is 2. The maximum absolute atomic E-state index is 9.58. The van der Waals surface area contributed by atoms with E-state index in [1.807, 2.05) is 20.0 Å². The summed E-state index contributed by atoms with van der Waals surface area (Å²) in [5, 5.41) is 21.4. The normalized spacial score (nSPS) is 14.5. The van der Waals surface area contributed by atoms with Crippen molar-refractivity contribution in [1.29, 1.82) is 5.26 Å². The molecule has 2 aromatic rings. The van der Waals surface area contributed by atoms with E-state index in [-0.39, 0.29) is 0 Å². The molecule has 1 aliphatic heterocycles. The maximum Gasteiger partial charge on any atom is 0.167 e. The zero-order valence-corrected chi connectivity index (χ0v) is 16.3. The minimum Gasteiger partial charge on any atom is -0.363 e. The Balaban J connectivity index is 1.69. The first-order valence-electron chi connectivity index (χ1n) is 9.99. The molecular formula is C21H28N6. The van der Waals surface area contributed by atoms with E-state index in [0.717, 1.165) is 48.6 Å². The Bertz CT molecular complexity index is 786. The van der Waals surface area contributed by atoms with Gasteiger partial charge >= 0.3 is 0 Å². The minimum atomic E-state index is 0.558. The van der Waals surface area contributed by atoms with Gasteiger partial charge in [0.25, 0.3) is 0 Å². The van der Waals surface area contributed by atoms with Crippen molar-refractivity contribution in [3.8, 4) is 6.07 Å². The molecule has 3 heterocycles. The predicted octanol–water partition coefficient (Wildman–Crippen LogP) is 3.86. The fourth-order valence-electron chi connectivity index (χ4n) is 3.61. The van der Waals surface area contributed by atoms with Crippen LogP contribution in [-0.4, -0.2) is 28.3 Å². The van der Waals surface area contributed by atoms with E-state index in [9.17, 15) is 5.26 Å². The number of aryl methyl sites for hydroxylation is 1. The second-order valence-electron chi connectivity index (χ2n) is 6.95. The van der Waals surface area contributed by atoms with Crippen molar-refractivity contribution in [3.63, 3.8) is 0 Å². The van der Waals surface area contributed by atoms with E-state index in [0.29, 0.717) is 17.9 Å². The number of pyridine rings is 1. The summed E-state index contributed by atoms with van der Waals surface area (Å²) in [5.41, 5.74) is 3.57. The molecule has 0 radical (unpaired) electrons. The van der Waals surface area contributed by atoms with Crippen LogP contribution in [0.4, 0.5) is 11.6 Å². The molecule has 1 fully saturated rings. The third-order valence-corrected chi connectivity index (χ3v) is 5.16. The summed E-state index contributed by atoms with van der Waals surface area (Å²) in [4.78, 5) is 7.02. The molecule has 2 aromatic heterocycles. The lowest BCUT2D eigenvalue weighted by atomic mass is 10.0. The topological polar surface area (TPSA) is 77.7 Å². The Morgan fingerprint density at radius 3 is 2.44 bits per heavy atom. The molecule has 0 aromatic carbocycles. The molecule has 0 unspecified atom stereocenters. The van der Waals surface area contributed by atoms with E-state index >= 15 is 0 Å². The molecule has 3 rings (SSSR count). The van der Waals surface area contributed by atoms with Gasteiger partial charge in [0.15, 0.2) is 5.82 Å². The molecular weight excluding hydrogens is 336 g/mol. The Morgan fingerprint density at radius 2 is 1.85 bits per heavy atom. The number of nitriles is 1. The number of rotatable bonds is 6. The zero-order chi connectivity index (χ0) is 19.1. The van der Waals surface area contributed by atoms with E-state index in [2.05, 4.69) is 43.6 Å². The van der Waals surface area contributed by atoms with E-state index in [4.69, 9.17) is 0 Å². The summed E-state index contributed by atoms with van der Waals surface area (Å²) in [6.07, 6.45) is 8.60. The highest BCUT2D eigenvalue weighted by Crippen LogP contribution is 2.21. The van der Waals surface area contributed by atoms with Crippen molar-refractivity contribution in [2.24, 2.45) is 0 Å². The molecule has 0 spiro atoms. The van der Waals surface area contributed by atoms with Crippen LogP contribution in [0.2, 0.25) is 0 Å². The maximum atomic E-state index is 9.58. The average molecular weight is 364 g/mol. The van der Waals surface area contributed by atoms with Crippen molar-refractivity contribution >= 4 is 11.6 Å². The van der Waals surface area contributed by atoms with Crippen LogP contribution in [0.15, 0.2) is 18.3 Å². The molecule has 1 saturated heterocycles. The van der Waals surface area contributed by atoms with Gasteiger partial charge < -0.3 is 10.2 Å². The highest BCUT2D eigenvalue weighted by molar-refractivity contribution is 5.56. The highest BCUT2D eigenvalue weighted by atomic mass is 15.2. The smallest absolute Gasteiger partial charge is 0.167 e. The third kappa shape index (κ3) is 4.54. The standard InChI is InChI=1S/C21H28N6/c1-3-17-18(13-22)21(26-25-19(17)4-2)24-15-16-9-10-20(23-14-16)27-11-7-5-6-8-12-27/h9-10,14H,3-8,11-12,15H2,1-2H3,(H,24,26). The van der Waals surface area contributed by atoms with Crippen LogP contribution < -0.4 is 10.2 Å². The minimum absolute atomic E-state index is 0.558. The van der Waals surface area contributed by atoms with Crippen LogP contribution in [0.3, 0.4) is 0 Å². The van der Waals surface area contributed by atoms with Gasteiger partial charge in [-0.25, -0.2) is 4.98 Å².